The highest BCUT2D eigenvalue weighted by atomic mass is 15.0. The molecular formula is C18H19N. The summed E-state index contributed by atoms with van der Waals surface area (Å²) in [6.07, 6.45) is 23.2. The van der Waals surface area contributed by atoms with E-state index >= 15 is 0 Å². The number of fused-ring (bicyclic) bond motifs is 3. The summed E-state index contributed by atoms with van der Waals surface area (Å²) in [6.45, 7) is 0. The first kappa shape index (κ1) is 11.1. The number of aromatic nitrogens is 1. The zero-order chi connectivity index (χ0) is 12.7. The molecule has 0 N–H and O–H groups in total. The van der Waals surface area contributed by atoms with Gasteiger partial charge < -0.3 is 4.57 Å². The van der Waals surface area contributed by atoms with Gasteiger partial charge >= 0.3 is 0 Å². The summed E-state index contributed by atoms with van der Waals surface area (Å²) in [4.78, 5) is 0. The second-order valence-corrected chi connectivity index (χ2v) is 5.57. The van der Waals surface area contributed by atoms with E-state index < -0.39 is 0 Å². The van der Waals surface area contributed by atoms with Crippen LogP contribution in [0.3, 0.4) is 0 Å². The van der Waals surface area contributed by atoms with Gasteiger partial charge in [-0.15, -0.1) is 0 Å². The lowest BCUT2D eigenvalue weighted by molar-refractivity contribution is 0.911. The van der Waals surface area contributed by atoms with Crippen molar-refractivity contribution in [3.63, 3.8) is 0 Å². The van der Waals surface area contributed by atoms with Gasteiger partial charge in [0.15, 0.2) is 0 Å². The molecule has 0 saturated carbocycles. The standard InChI is InChI=1S/C18H19N/c1-2-8-14(9-3-1)19-17-12-6-4-10-15(17)16-11-5-7-13-18(16)19/h1-2,6-8,12-13H,3-5,9-11H2. The quantitative estimate of drug-likeness (QED) is 0.685. The Hall–Kier alpha value is -1.76. The number of allylic oxidation sites excluding steroid dienone is 6. The van der Waals surface area contributed by atoms with Crippen molar-refractivity contribution in [1.82, 2.24) is 4.57 Å². The molecule has 0 saturated heterocycles. The summed E-state index contributed by atoms with van der Waals surface area (Å²) in [6, 6.07) is 0. The molecule has 1 heterocycles. The van der Waals surface area contributed by atoms with Crippen LogP contribution < -0.4 is 0 Å². The molecule has 1 aromatic heterocycles. The van der Waals surface area contributed by atoms with Gasteiger partial charge in [0.2, 0.25) is 0 Å². The van der Waals surface area contributed by atoms with Crippen molar-refractivity contribution < 1.29 is 0 Å². The highest BCUT2D eigenvalue weighted by Gasteiger charge is 2.23. The maximum atomic E-state index is 2.51. The van der Waals surface area contributed by atoms with E-state index in [0.717, 1.165) is 6.42 Å². The van der Waals surface area contributed by atoms with Crippen LogP contribution in [0.5, 0.6) is 0 Å². The van der Waals surface area contributed by atoms with Gasteiger partial charge in [-0.25, -0.2) is 0 Å². The normalized spacial score (nSPS) is 20.1. The molecule has 0 bridgehead atoms. The largest absolute Gasteiger partial charge is 0.314 e. The Morgan fingerprint density at radius 3 is 1.95 bits per heavy atom. The summed E-state index contributed by atoms with van der Waals surface area (Å²) >= 11 is 0. The molecule has 1 heteroatoms. The third-order valence-corrected chi connectivity index (χ3v) is 4.42. The molecule has 0 aliphatic heterocycles. The van der Waals surface area contributed by atoms with E-state index in [4.69, 9.17) is 0 Å². The molecule has 1 nitrogen and oxygen atoms in total. The molecule has 0 spiro atoms. The van der Waals surface area contributed by atoms with Crippen LogP contribution >= 0.6 is 0 Å². The van der Waals surface area contributed by atoms with Crippen molar-refractivity contribution in [2.24, 2.45) is 0 Å². The minimum Gasteiger partial charge on any atom is -0.314 e. The second-order valence-electron chi connectivity index (χ2n) is 5.57. The molecule has 96 valence electrons. The fourth-order valence-corrected chi connectivity index (χ4v) is 3.55. The fraction of sp³-hybridized carbons (Fsp3) is 0.333. The Labute approximate surface area is 114 Å². The van der Waals surface area contributed by atoms with E-state index in [-0.39, 0.29) is 0 Å². The van der Waals surface area contributed by atoms with Gasteiger partial charge in [-0.2, -0.15) is 0 Å². The first-order chi connectivity index (χ1) is 9.45. The summed E-state index contributed by atoms with van der Waals surface area (Å²) in [5.74, 6) is 0. The Balaban J connectivity index is 1.97. The summed E-state index contributed by atoms with van der Waals surface area (Å²) in [7, 11) is 0. The molecule has 19 heavy (non-hydrogen) atoms. The van der Waals surface area contributed by atoms with Crippen LogP contribution in [0, 0.1) is 0 Å². The zero-order valence-electron chi connectivity index (χ0n) is 11.2. The molecule has 0 aromatic carbocycles. The molecule has 0 amide bonds. The van der Waals surface area contributed by atoms with Crippen molar-refractivity contribution in [1.29, 1.82) is 0 Å². The van der Waals surface area contributed by atoms with Crippen LogP contribution in [0.2, 0.25) is 0 Å². The molecule has 1 aromatic rings. The summed E-state index contributed by atoms with van der Waals surface area (Å²) in [5.41, 5.74) is 7.57. The van der Waals surface area contributed by atoms with Crippen molar-refractivity contribution in [3.05, 3.63) is 52.9 Å². The van der Waals surface area contributed by atoms with Crippen LogP contribution in [-0.2, 0) is 12.8 Å². The van der Waals surface area contributed by atoms with E-state index in [0.29, 0.717) is 0 Å². The summed E-state index contributed by atoms with van der Waals surface area (Å²) < 4.78 is 2.51. The van der Waals surface area contributed by atoms with Crippen molar-refractivity contribution in [2.75, 3.05) is 0 Å². The first-order valence-electron chi connectivity index (χ1n) is 7.41. The topological polar surface area (TPSA) is 4.93 Å². The number of hydrogen-bond donors (Lipinski definition) is 0. The lowest BCUT2D eigenvalue weighted by Gasteiger charge is -2.17. The van der Waals surface area contributed by atoms with E-state index in [1.165, 1.54) is 49.2 Å². The monoisotopic (exact) mass is 249 g/mol. The SMILES string of the molecule is C1=CCCC(n2c3c(c4c2C=CCC4)CCC=C3)=C1. The van der Waals surface area contributed by atoms with E-state index in [1.54, 1.807) is 11.1 Å². The second kappa shape index (κ2) is 4.41. The predicted octanol–water partition coefficient (Wildman–Crippen LogP) is 4.60. The third-order valence-electron chi connectivity index (χ3n) is 4.42. The van der Waals surface area contributed by atoms with Crippen LogP contribution in [0.25, 0.3) is 17.8 Å². The smallest absolute Gasteiger partial charge is 0.0490 e. The van der Waals surface area contributed by atoms with Gasteiger partial charge in [0, 0.05) is 17.1 Å². The molecule has 3 aliphatic rings. The van der Waals surface area contributed by atoms with E-state index in [1.807, 2.05) is 0 Å². The minimum atomic E-state index is 1.16. The number of rotatable bonds is 1. The van der Waals surface area contributed by atoms with Gasteiger partial charge in [0.1, 0.15) is 0 Å². The van der Waals surface area contributed by atoms with Gasteiger partial charge in [0.25, 0.3) is 0 Å². The Morgan fingerprint density at radius 1 is 0.737 bits per heavy atom. The molecule has 0 unspecified atom stereocenters. The maximum Gasteiger partial charge on any atom is 0.0490 e. The average Bonchev–Trinajstić information content (AvgIpc) is 2.83. The molecule has 0 radical (unpaired) electrons. The van der Waals surface area contributed by atoms with Gasteiger partial charge in [-0.3, -0.25) is 0 Å². The van der Waals surface area contributed by atoms with Gasteiger partial charge in [-0.1, -0.05) is 24.3 Å². The third kappa shape index (κ3) is 1.68. The molecular weight excluding hydrogens is 230 g/mol. The average molecular weight is 249 g/mol. The van der Waals surface area contributed by atoms with Crippen molar-refractivity contribution in [3.8, 4) is 0 Å². The number of nitrogens with zero attached hydrogens (tertiary/aromatic N) is 1. The van der Waals surface area contributed by atoms with Crippen LogP contribution in [0.1, 0.15) is 48.2 Å². The van der Waals surface area contributed by atoms with E-state index in [9.17, 15) is 0 Å². The van der Waals surface area contributed by atoms with Crippen molar-refractivity contribution >= 4 is 17.8 Å². The molecule has 3 aliphatic carbocycles. The Kier molecular flexibility index (Phi) is 2.58. The molecule has 0 fully saturated rings. The summed E-state index contributed by atoms with van der Waals surface area (Å²) in [5, 5.41) is 0. The van der Waals surface area contributed by atoms with Crippen LogP contribution in [-0.4, -0.2) is 4.57 Å². The van der Waals surface area contributed by atoms with Crippen LogP contribution in [0.4, 0.5) is 0 Å². The Morgan fingerprint density at radius 2 is 1.37 bits per heavy atom. The minimum absolute atomic E-state index is 1.16. The van der Waals surface area contributed by atoms with Crippen LogP contribution in [0.15, 0.2) is 30.4 Å². The molecule has 4 rings (SSSR count). The Bertz CT molecular complexity index is 596. The van der Waals surface area contributed by atoms with Gasteiger partial charge in [0.05, 0.1) is 0 Å². The first-order valence-corrected chi connectivity index (χ1v) is 7.41. The van der Waals surface area contributed by atoms with Gasteiger partial charge in [-0.05, 0) is 67.9 Å². The lowest BCUT2D eigenvalue weighted by atomic mass is 9.94. The predicted molar refractivity (Wildman–Crippen MR) is 81.8 cm³/mol. The van der Waals surface area contributed by atoms with Crippen molar-refractivity contribution in [2.45, 2.75) is 38.5 Å². The fourth-order valence-electron chi connectivity index (χ4n) is 3.55. The lowest BCUT2D eigenvalue weighted by Crippen LogP contribution is -2.05. The zero-order valence-corrected chi connectivity index (χ0v) is 11.2. The maximum absolute atomic E-state index is 2.51. The highest BCUT2D eigenvalue weighted by molar-refractivity contribution is 5.72. The molecule has 0 atom stereocenters. The van der Waals surface area contributed by atoms with E-state index in [2.05, 4.69) is 47.1 Å². The highest BCUT2D eigenvalue weighted by Crippen LogP contribution is 2.36. The number of hydrogen-bond acceptors (Lipinski definition) is 0.